The molecule has 0 aliphatic carbocycles. The molecule has 1 aliphatic rings. The Labute approximate surface area is 134 Å². The average Bonchev–Trinajstić information content (AvgIpc) is 2.94. The highest BCUT2D eigenvalue weighted by atomic mass is 16.5. The van der Waals surface area contributed by atoms with Crippen molar-refractivity contribution in [2.24, 2.45) is 0 Å². The standard InChI is InChI=1S/C18H18N2O3/c1-23-17(21)11-13-12-20(16-10-6-5-9-15(13)16)18(22)19-14-7-3-2-4-8-14/h2-10,13H,11-12H2,1H3,(H,19,22). The second kappa shape index (κ2) is 6.52. The molecule has 3 rings (SSSR count). The lowest BCUT2D eigenvalue weighted by Gasteiger charge is -2.18. The zero-order valence-electron chi connectivity index (χ0n) is 12.9. The number of hydrogen-bond acceptors (Lipinski definition) is 3. The van der Waals surface area contributed by atoms with Crippen LogP contribution < -0.4 is 10.2 Å². The van der Waals surface area contributed by atoms with Crippen LogP contribution >= 0.6 is 0 Å². The second-order valence-corrected chi connectivity index (χ2v) is 5.44. The van der Waals surface area contributed by atoms with Crippen molar-refractivity contribution >= 4 is 23.4 Å². The summed E-state index contributed by atoms with van der Waals surface area (Å²) in [4.78, 5) is 25.9. The van der Waals surface area contributed by atoms with E-state index >= 15 is 0 Å². The van der Waals surface area contributed by atoms with Gasteiger partial charge in [-0.05, 0) is 23.8 Å². The molecule has 23 heavy (non-hydrogen) atoms. The predicted octanol–water partition coefficient (Wildman–Crippen LogP) is 3.39. The minimum absolute atomic E-state index is 0.0415. The van der Waals surface area contributed by atoms with Crippen molar-refractivity contribution in [2.45, 2.75) is 12.3 Å². The number of nitrogens with zero attached hydrogens (tertiary/aromatic N) is 1. The molecule has 0 saturated carbocycles. The number of urea groups is 1. The lowest BCUT2D eigenvalue weighted by Crippen LogP contribution is -2.34. The summed E-state index contributed by atoms with van der Waals surface area (Å²) in [5, 5.41) is 2.88. The maximum atomic E-state index is 12.6. The molecule has 1 N–H and O–H groups in total. The molecule has 5 heteroatoms. The molecule has 0 saturated heterocycles. The highest BCUT2D eigenvalue weighted by molar-refractivity contribution is 6.03. The van der Waals surface area contributed by atoms with Crippen molar-refractivity contribution in [1.82, 2.24) is 0 Å². The summed E-state index contributed by atoms with van der Waals surface area (Å²) < 4.78 is 4.76. The molecule has 1 atom stereocenters. The van der Waals surface area contributed by atoms with E-state index in [0.717, 1.165) is 16.9 Å². The molecule has 0 radical (unpaired) electrons. The fourth-order valence-corrected chi connectivity index (χ4v) is 2.86. The van der Waals surface area contributed by atoms with Gasteiger partial charge >= 0.3 is 12.0 Å². The number of carbonyl (C=O) groups excluding carboxylic acids is 2. The molecule has 5 nitrogen and oxygen atoms in total. The number of nitrogens with one attached hydrogen (secondary N) is 1. The van der Waals surface area contributed by atoms with Gasteiger partial charge in [-0.1, -0.05) is 36.4 Å². The summed E-state index contributed by atoms with van der Waals surface area (Å²) in [5.74, 6) is -0.310. The summed E-state index contributed by atoms with van der Waals surface area (Å²) in [5.41, 5.74) is 2.59. The van der Waals surface area contributed by atoms with E-state index < -0.39 is 0 Å². The topological polar surface area (TPSA) is 58.6 Å². The van der Waals surface area contributed by atoms with E-state index in [2.05, 4.69) is 5.32 Å². The number of hydrogen-bond donors (Lipinski definition) is 1. The van der Waals surface area contributed by atoms with Crippen molar-refractivity contribution in [3.63, 3.8) is 0 Å². The van der Waals surface area contributed by atoms with E-state index in [0.29, 0.717) is 6.54 Å². The van der Waals surface area contributed by atoms with Gasteiger partial charge in [-0.3, -0.25) is 9.69 Å². The molecule has 0 aromatic heterocycles. The lowest BCUT2D eigenvalue weighted by atomic mass is 9.98. The quantitative estimate of drug-likeness (QED) is 0.884. The third kappa shape index (κ3) is 3.18. The fourth-order valence-electron chi connectivity index (χ4n) is 2.86. The summed E-state index contributed by atoms with van der Waals surface area (Å²) in [6, 6.07) is 16.8. The zero-order chi connectivity index (χ0) is 16.2. The van der Waals surface area contributed by atoms with E-state index in [1.165, 1.54) is 7.11 Å². The largest absolute Gasteiger partial charge is 0.469 e. The molecule has 2 aromatic rings. The molecule has 0 bridgehead atoms. The number of rotatable bonds is 3. The molecule has 118 valence electrons. The Morgan fingerprint density at radius 1 is 1.13 bits per heavy atom. The Balaban J connectivity index is 1.80. The van der Waals surface area contributed by atoms with Crippen molar-refractivity contribution in [3.8, 4) is 0 Å². The molecular formula is C18H18N2O3. The third-order valence-corrected chi connectivity index (χ3v) is 3.98. The number of methoxy groups -OCH3 is 1. The van der Waals surface area contributed by atoms with Crippen LogP contribution in [0.15, 0.2) is 54.6 Å². The smallest absolute Gasteiger partial charge is 0.326 e. The maximum absolute atomic E-state index is 12.6. The van der Waals surface area contributed by atoms with Gasteiger partial charge in [-0.25, -0.2) is 4.79 Å². The van der Waals surface area contributed by atoms with Crippen LogP contribution in [0.4, 0.5) is 16.2 Å². The number of anilines is 2. The minimum atomic E-state index is -0.268. The van der Waals surface area contributed by atoms with Crippen LogP contribution in [0.2, 0.25) is 0 Å². The number of ether oxygens (including phenoxy) is 1. The predicted molar refractivity (Wildman–Crippen MR) is 88.6 cm³/mol. The molecule has 0 spiro atoms. The van der Waals surface area contributed by atoms with Crippen molar-refractivity contribution in [3.05, 3.63) is 60.2 Å². The highest BCUT2D eigenvalue weighted by Crippen LogP contribution is 2.38. The Hall–Kier alpha value is -2.82. The Kier molecular flexibility index (Phi) is 4.28. The number of amides is 2. The molecule has 1 aliphatic heterocycles. The van der Waals surface area contributed by atoms with Gasteiger partial charge in [0.25, 0.3) is 0 Å². The van der Waals surface area contributed by atoms with Crippen LogP contribution in [0, 0.1) is 0 Å². The number of para-hydroxylation sites is 2. The lowest BCUT2D eigenvalue weighted by molar-refractivity contribution is -0.141. The number of carbonyl (C=O) groups is 2. The van der Waals surface area contributed by atoms with E-state index in [1.54, 1.807) is 4.90 Å². The van der Waals surface area contributed by atoms with E-state index in [9.17, 15) is 9.59 Å². The van der Waals surface area contributed by atoms with Gasteiger partial charge in [-0.15, -0.1) is 0 Å². The van der Waals surface area contributed by atoms with E-state index in [4.69, 9.17) is 4.74 Å². The van der Waals surface area contributed by atoms with Crippen LogP contribution in [0.3, 0.4) is 0 Å². The Morgan fingerprint density at radius 3 is 2.57 bits per heavy atom. The van der Waals surface area contributed by atoms with Gasteiger partial charge in [0.15, 0.2) is 0 Å². The number of esters is 1. The van der Waals surface area contributed by atoms with Gasteiger partial charge in [0.2, 0.25) is 0 Å². The highest BCUT2D eigenvalue weighted by Gasteiger charge is 2.33. The van der Waals surface area contributed by atoms with Crippen molar-refractivity contribution < 1.29 is 14.3 Å². The van der Waals surface area contributed by atoms with Gasteiger partial charge in [0, 0.05) is 23.8 Å². The molecule has 2 aromatic carbocycles. The van der Waals surface area contributed by atoms with Crippen LogP contribution in [-0.4, -0.2) is 25.7 Å². The SMILES string of the molecule is COC(=O)CC1CN(C(=O)Nc2ccccc2)c2ccccc21. The monoisotopic (exact) mass is 310 g/mol. The number of benzene rings is 2. The van der Waals surface area contributed by atoms with Gasteiger partial charge in [0.1, 0.15) is 0 Å². The van der Waals surface area contributed by atoms with E-state index in [-0.39, 0.29) is 24.3 Å². The zero-order valence-corrected chi connectivity index (χ0v) is 12.9. The van der Waals surface area contributed by atoms with Gasteiger partial charge in [-0.2, -0.15) is 0 Å². The maximum Gasteiger partial charge on any atom is 0.326 e. The number of fused-ring (bicyclic) bond motifs is 1. The fraction of sp³-hybridized carbons (Fsp3) is 0.222. The van der Waals surface area contributed by atoms with Crippen molar-refractivity contribution in [2.75, 3.05) is 23.9 Å². The minimum Gasteiger partial charge on any atom is -0.469 e. The molecule has 2 amide bonds. The second-order valence-electron chi connectivity index (χ2n) is 5.44. The average molecular weight is 310 g/mol. The van der Waals surface area contributed by atoms with Gasteiger partial charge in [0.05, 0.1) is 13.5 Å². The first kappa shape index (κ1) is 15.1. The van der Waals surface area contributed by atoms with Crippen LogP contribution in [-0.2, 0) is 9.53 Å². The molecule has 1 unspecified atom stereocenters. The summed E-state index contributed by atoms with van der Waals surface area (Å²) >= 11 is 0. The normalized spacial score (nSPS) is 15.9. The summed E-state index contributed by atoms with van der Waals surface area (Å²) in [6.45, 7) is 0.465. The Bertz CT molecular complexity index is 715. The van der Waals surface area contributed by atoms with Gasteiger partial charge < -0.3 is 10.1 Å². The summed E-state index contributed by atoms with van der Waals surface area (Å²) in [6.07, 6.45) is 0.266. The van der Waals surface area contributed by atoms with Crippen LogP contribution in [0.25, 0.3) is 0 Å². The molecule has 1 heterocycles. The van der Waals surface area contributed by atoms with E-state index in [1.807, 2.05) is 54.6 Å². The first-order chi connectivity index (χ1) is 11.2. The summed E-state index contributed by atoms with van der Waals surface area (Å²) in [7, 11) is 1.38. The molecular weight excluding hydrogens is 292 g/mol. The van der Waals surface area contributed by atoms with Crippen molar-refractivity contribution in [1.29, 1.82) is 0 Å². The Morgan fingerprint density at radius 2 is 1.83 bits per heavy atom. The first-order valence-electron chi connectivity index (χ1n) is 7.48. The molecule has 0 fully saturated rings. The third-order valence-electron chi connectivity index (χ3n) is 3.98. The first-order valence-corrected chi connectivity index (χ1v) is 7.48. The van der Waals surface area contributed by atoms with Crippen LogP contribution in [0.5, 0.6) is 0 Å². The van der Waals surface area contributed by atoms with Crippen LogP contribution in [0.1, 0.15) is 17.9 Å².